The summed E-state index contributed by atoms with van der Waals surface area (Å²) in [5.41, 5.74) is 0.686. The summed E-state index contributed by atoms with van der Waals surface area (Å²) in [6, 6.07) is 2.86. The van der Waals surface area contributed by atoms with E-state index in [9.17, 15) is 18.0 Å². The van der Waals surface area contributed by atoms with Gasteiger partial charge in [0.1, 0.15) is 4.21 Å². The van der Waals surface area contributed by atoms with E-state index >= 15 is 0 Å². The highest BCUT2D eigenvalue weighted by molar-refractivity contribution is 7.91. The summed E-state index contributed by atoms with van der Waals surface area (Å²) in [5.74, 6) is -1.16. The quantitative estimate of drug-likeness (QED) is 0.856. The third-order valence-corrected chi connectivity index (χ3v) is 7.31. The van der Waals surface area contributed by atoms with Gasteiger partial charge in [0.15, 0.2) is 5.76 Å². The lowest BCUT2D eigenvalue weighted by molar-refractivity contribution is 0.0663. The van der Waals surface area contributed by atoms with E-state index in [4.69, 9.17) is 9.52 Å². The minimum Gasteiger partial charge on any atom is -0.478 e. The van der Waals surface area contributed by atoms with E-state index in [1.807, 2.05) is 0 Å². The molecule has 0 radical (unpaired) electrons. The van der Waals surface area contributed by atoms with Crippen LogP contribution in [0.1, 0.15) is 26.5 Å². The van der Waals surface area contributed by atoms with Gasteiger partial charge >= 0.3 is 5.97 Å². The zero-order valence-corrected chi connectivity index (χ0v) is 15.0. The van der Waals surface area contributed by atoms with Crippen molar-refractivity contribution in [3.05, 3.63) is 40.7 Å². The Hall–Kier alpha value is -2.17. The summed E-state index contributed by atoms with van der Waals surface area (Å²) in [7, 11) is -3.76. The second kappa shape index (κ2) is 6.62. The molecule has 0 bridgehead atoms. The van der Waals surface area contributed by atoms with Crippen molar-refractivity contribution in [3.8, 4) is 0 Å². The zero-order valence-electron chi connectivity index (χ0n) is 13.3. The number of sulfonamides is 1. The first-order valence-electron chi connectivity index (χ1n) is 7.46. The normalized spacial score (nSPS) is 16.1. The van der Waals surface area contributed by atoms with Gasteiger partial charge in [-0.1, -0.05) is 0 Å². The zero-order chi connectivity index (χ0) is 18.2. The molecule has 3 heterocycles. The Kier molecular flexibility index (Phi) is 4.67. The standard InChI is InChI=1S/C15H16N2O6S2/c1-10-2-7-23-13(10)14(18)16-3-5-17(6-4-16)25(21,22)12-8-11(9-24-12)15(19)20/h2,7-9H,3-6H2,1H3,(H,19,20). The fourth-order valence-corrected chi connectivity index (χ4v) is 5.29. The molecule has 1 amide bonds. The number of aromatic carboxylic acids is 1. The van der Waals surface area contributed by atoms with Crippen molar-refractivity contribution in [1.29, 1.82) is 0 Å². The van der Waals surface area contributed by atoms with E-state index in [1.165, 1.54) is 15.9 Å². The molecule has 1 N–H and O–H groups in total. The van der Waals surface area contributed by atoms with Crippen molar-refractivity contribution in [1.82, 2.24) is 9.21 Å². The Bertz CT molecular complexity index is 906. The van der Waals surface area contributed by atoms with Crippen LogP contribution < -0.4 is 0 Å². The van der Waals surface area contributed by atoms with Crippen LogP contribution in [-0.2, 0) is 10.0 Å². The minimum atomic E-state index is -3.76. The Morgan fingerprint density at radius 3 is 2.44 bits per heavy atom. The largest absolute Gasteiger partial charge is 0.478 e. The van der Waals surface area contributed by atoms with E-state index in [0.29, 0.717) is 0 Å². The van der Waals surface area contributed by atoms with Gasteiger partial charge in [0, 0.05) is 37.1 Å². The molecule has 1 fully saturated rings. The van der Waals surface area contributed by atoms with Gasteiger partial charge in [-0.05, 0) is 19.1 Å². The highest BCUT2D eigenvalue weighted by atomic mass is 32.2. The number of amides is 1. The summed E-state index contributed by atoms with van der Waals surface area (Å²) < 4.78 is 31.7. The Morgan fingerprint density at radius 2 is 1.92 bits per heavy atom. The molecule has 0 atom stereocenters. The van der Waals surface area contributed by atoms with E-state index in [2.05, 4.69) is 0 Å². The predicted molar refractivity (Wildman–Crippen MR) is 89.4 cm³/mol. The van der Waals surface area contributed by atoms with Gasteiger partial charge in [0.2, 0.25) is 0 Å². The number of rotatable bonds is 4. The van der Waals surface area contributed by atoms with Crippen molar-refractivity contribution in [3.63, 3.8) is 0 Å². The van der Waals surface area contributed by atoms with Crippen LogP contribution in [-0.4, -0.2) is 60.8 Å². The molecule has 0 saturated carbocycles. The summed E-state index contributed by atoms with van der Waals surface area (Å²) >= 11 is 0.880. The number of carbonyl (C=O) groups excluding carboxylic acids is 1. The molecule has 10 heteroatoms. The number of aryl methyl sites for hydroxylation is 1. The highest BCUT2D eigenvalue weighted by Crippen LogP contribution is 2.25. The number of hydrogen-bond acceptors (Lipinski definition) is 6. The van der Waals surface area contributed by atoms with Crippen molar-refractivity contribution in [2.45, 2.75) is 11.1 Å². The van der Waals surface area contributed by atoms with Gasteiger partial charge in [0.25, 0.3) is 15.9 Å². The second-order valence-electron chi connectivity index (χ2n) is 5.59. The fraction of sp³-hybridized carbons (Fsp3) is 0.333. The van der Waals surface area contributed by atoms with Gasteiger partial charge in [-0.2, -0.15) is 4.31 Å². The predicted octanol–water partition coefficient (Wildman–Crippen LogP) is 1.49. The molecule has 1 aliphatic heterocycles. The first kappa shape index (κ1) is 17.6. The molecule has 3 rings (SSSR count). The molecule has 8 nitrogen and oxygen atoms in total. The van der Waals surface area contributed by atoms with Gasteiger partial charge in [-0.25, -0.2) is 13.2 Å². The molecular formula is C15H16N2O6S2. The number of piperazine rings is 1. The second-order valence-corrected chi connectivity index (χ2v) is 8.66. The molecule has 0 aromatic carbocycles. The summed E-state index contributed by atoms with van der Waals surface area (Å²) in [5, 5.41) is 10.2. The van der Waals surface area contributed by atoms with Crippen molar-refractivity contribution >= 4 is 33.2 Å². The summed E-state index contributed by atoms with van der Waals surface area (Å²) in [6.07, 6.45) is 1.44. The van der Waals surface area contributed by atoms with E-state index < -0.39 is 16.0 Å². The third kappa shape index (κ3) is 3.32. The van der Waals surface area contributed by atoms with Crippen LogP contribution in [0.15, 0.2) is 32.4 Å². The molecule has 0 unspecified atom stereocenters. The SMILES string of the molecule is Cc1ccoc1C(=O)N1CCN(S(=O)(=O)c2cc(C(=O)O)cs2)CC1. The number of carboxylic acid groups (broad SMARTS) is 1. The van der Waals surface area contributed by atoms with Crippen LogP contribution in [0.5, 0.6) is 0 Å². The van der Waals surface area contributed by atoms with Crippen molar-refractivity contribution < 1.29 is 27.5 Å². The molecule has 25 heavy (non-hydrogen) atoms. The van der Waals surface area contributed by atoms with E-state index in [1.54, 1.807) is 17.9 Å². The lowest BCUT2D eigenvalue weighted by Gasteiger charge is -2.33. The van der Waals surface area contributed by atoms with Gasteiger partial charge in [0.05, 0.1) is 11.8 Å². The lowest BCUT2D eigenvalue weighted by Crippen LogP contribution is -2.50. The van der Waals surface area contributed by atoms with Crippen LogP contribution in [0.4, 0.5) is 0 Å². The lowest BCUT2D eigenvalue weighted by atomic mass is 10.2. The highest BCUT2D eigenvalue weighted by Gasteiger charge is 2.32. The summed E-state index contributed by atoms with van der Waals surface area (Å²) in [4.78, 5) is 24.9. The van der Waals surface area contributed by atoms with E-state index in [0.717, 1.165) is 23.0 Å². The first-order chi connectivity index (χ1) is 11.8. The molecule has 0 spiro atoms. The number of furan rings is 1. The number of hydrogen-bond donors (Lipinski definition) is 1. The summed E-state index contributed by atoms with van der Waals surface area (Å²) in [6.45, 7) is 2.56. The van der Waals surface area contributed by atoms with Crippen molar-refractivity contribution in [2.24, 2.45) is 0 Å². The van der Waals surface area contributed by atoms with Crippen LogP contribution in [0.3, 0.4) is 0 Å². The Balaban J connectivity index is 1.70. The Morgan fingerprint density at radius 1 is 1.24 bits per heavy atom. The smallest absolute Gasteiger partial charge is 0.336 e. The maximum atomic E-state index is 12.6. The number of carboxylic acids is 1. The van der Waals surface area contributed by atoms with Gasteiger partial charge in [-0.3, -0.25) is 4.79 Å². The fourth-order valence-electron chi connectivity index (χ4n) is 2.56. The van der Waals surface area contributed by atoms with Crippen LogP contribution >= 0.6 is 11.3 Å². The van der Waals surface area contributed by atoms with E-state index in [-0.39, 0.29) is 47.6 Å². The average molecular weight is 384 g/mol. The van der Waals surface area contributed by atoms with Gasteiger partial charge in [-0.15, -0.1) is 11.3 Å². The maximum Gasteiger partial charge on any atom is 0.336 e. The van der Waals surface area contributed by atoms with Crippen LogP contribution in [0.2, 0.25) is 0 Å². The molecule has 0 aliphatic carbocycles. The Labute approximate surface area is 148 Å². The van der Waals surface area contributed by atoms with Crippen LogP contribution in [0.25, 0.3) is 0 Å². The number of nitrogens with zero attached hydrogens (tertiary/aromatic N) is 2. The maximum absolute atomic E-state index is 12.6. The third-order valence-electron chi connectivity index (χ3n) is 4.00. The minimum absolute atomic E-state index is 0.00782. The number of thiophene rings is 1. The average Bonchev–Trinajstić information content (AvgIpc) is 3.23. The molecule has 134 valence electrons. The van der Waals surface area contributed by atoms with Crippen molar-refractivity contribution in [2.75, 3.05) is 26.2 Å². The first-order valence-corrected chi connectivity index (χ1v) is 9.78. The molecule has 1 aliphatic rings. The molecule has 1 saturated heterocycles. The molecular weight excluding hydrogens is 368 g/mol. The topological polar surface area (TPSA) is 108 Å². The van der Waals surface area contributed by atoms with Gasteiger partial charge < -0.3 is 14.4 Å². The number of carbonyl (C=O) groups is 2. The van der Waals surface area contributed by atoms with Crippen LogP contribution in [0, 0.1) is 6.92 Å². The molecule has 2 aromatic rings. The molecule has 2 aromatic heterocycles. The monoisotopic (exact) mass is 384 g/mol.